The van der Waals surface area contributed by atoms with E-state index < -0.39 is 17.7 Å². The van der Waals surface area contributed by atoms with Crippen molar-refractivity contribution in [2.24, 2.45) is 16.9 Å². The van der Waals surface area contributed by atoms with Crippen molar-refractivity contribution < 1.29 is 19.2 Å². The number of carbonyl (C=O) groups excluding carboxylic acids is 4. The zero-order valence-corrected chi connectivity index (χ0v) is 15.2. The van der Waals surface area contributed by atoms with Crippen LogP contribution >= 0.6 is 11.6 Å². The molecule has 144 valence electrons. The molecule has 2 rings (SSSR count). The molecule has 9 nitrogen and oxygen atoms in total. The molecule has 0 unspecified atom stereocenters. The molecule has 1 fully saturated rings. The van der Waals surface area contributed by atoms with Crippen LogP contribution in [0, 0.1) is 5.92 Å². The summed E-state index contributed by atoms with van der Waals surface area (Å²) in [5.74, 6) is 1.94. The minimum absolute atomic E-state index is 0.0349. The number of hydrazone groups is 1. The number of halogens is 1. The van der Waals surface area contributed by atoms with Gasteiger partial charge >= 0.3 is 11.8 Å². The SMILES string of the molecule is NNC(=O)C(=O)N/N=C1\CCC[C@H]1C(=O)CCC(=O)Nc1ccc(Cl)cc1. The van der Waals surface area contributed by atoms with E-state index in [1.54, 1.807) is 29.7 Å². The summed E-state index contributed by atoms with van der Waals surface area (Å²) in [7, 11) is 0. The Balaban J connectivity index is 1.84. The van der Waals surface area contributed by atoms with Crippen LogP contribution in [0.1, 0.15) is 32.1 Å². The number of anilines is 1. The van der Waals surface area contributed by atoms with Crippen molar-refractivity contribution in [3.05, 3.63) is 29.3 Å². The Labute approximate surface area is 160 Å². The molecule has 1 aromatic rings. The lowest BCUT2D eigenvalue weighted by Crippen LogP contribution is -2.41. The van der Waals surface area contributed by atoms with Crippen LogP contribution in [-0.2, 0) is 19.2 Å². The number of rotatable bonds is 6. The molecular formula is C17H20ClN5O4. The smallest absolute Gasteiger partial charge is 0.326 e. The molecule has 0 aliphatic heterocycles. The number of hydrazine groups is 1. The molecule has 0 bridgehead atoms. The molecule has 27 heavy (non-hydrogen) atoms. The van der Waals surface area contributed by atoms with Gasteiger partial charge in [-0.1, -0.05) is 11.6 Å². The van der Waals surface area contributed by atoms with Gasteiger partial charge in [0.05, 0.1) is 5.92 Å². The fourth-order valence-corrected chi connectivity index (χ4v) is 2.84. The van der Waals surface area contributed by atoms with Crippen LogP contribution in [0.2, 0.25) is 5.02 Å². The number of carbonyl (C=O) groups is 4. The van der Waals surface area contributed by atoms with Crippen molar-refractivity contribution >= 4 is 46.5 Å². The Kier molecular flexibility index (Phi) is 7.44. The van der Waals surface area contributed by atoms with Gasteiger partial charge in [-0.2, -0.15) is 5.10 Å². The molecule has 1 aliphatic rings. The Morgan fingerprint density at radius 2 is 1.81 bits per heavy atom. The minimum atomic E-state index is -1.03. The number of ketones is 1. The summed E-state index contributed by atoms with van der Waals surface area (Å²) < 4.78 is 0. The van der Waals surface area contributed by atoms with Gasteiger partial charge in [-0.15, -0.1) is 0 Å². The fourth-order valence-electron chi connectivity index (χ4n) is 2.72. The van der Waals surface area contributed by atoms with E-state index in [0.717, 1.165) is 6.42 Å². The van der Waals surface area contributed by atoms with Crippen molar-refractivity contribution in [1.82, 2.24) is 10.9 Å². The van der Waals surface area contributed by atoms with Gasteiger partial charge in [0.1, 0.15) is 5.78 Å². The molecule has 1 atom stereocenters. The van der Waals surface area contributed by atoms with Crippen LogP contribution < -0.4 is 22.0 Å². The van der Waals surface area contributed by atoms with E-state index >= 15 is 0 Å². The summed E-state index contributed by atoms with van der Waals surface area (Å²) in [5.41, 5.74) is 4.86. The summed E-state index contributed by atoms with van der Waals surface area (Å²) in [6.45, 7) is 0. The van der Waals surface area contributed by atoms with E-state index in [9.17, 15) is 19.2 Å². The van der Waals surface area contributed by atoms with Gasteiger partial charge in [-0.25, -0.2) is 11.3 Å². The fraction of sp³-hybridized carbons (Fsp3) is 0.353. The first-order valence-electron chi connectivity index (χ1n) is 8.36. The van der Waals surface area contributed by atoms with Crippen molar-refractivity contribution in [3.8, 4) is 0 Å². The topological polar surface area (TPSA) is 143 Å². The first kappa shape index (κ1) is 20.5. The summed E-state index contributed by atoms with van der Waals surface area (Å²) in [5, 5.41) is 7.12. The van der Waals surface area contributed by atoms with E-state index in [4.69, 9.17) is 17.4 Å². The summed E-state index contributed by atoms with van der Waals surface area (Å²) in [6, 6.07) is 6.65. The summed E-state index contributed by atoms with van der Waals surface area (Å²) in [4.78, 5) is 46.8. The Morgan fingerprint density at radius 3 is 2.48 bits per heavy atom. The quantitative estimate of drug-likeness (QED) is 0.245. The average molecular weight is 394 g/mol. The van der Waals surface area contributed by atoms with E-state index in [2.05, 4.69) is 15.8 Å². The molecule has 0 spiro atoms. The van der Waals surface area contributed by atoms with Gasteiger partial charge in [-0.3, -0.25) is 24.6 Å². The second kappa shape index (κ2) is 9.79. The number of nitrogens with one attached hydrogen (secondary N) is 3. The highest BCUT2D eigenvalue weighted by atomic mass is 35.5. The lowest BCUT2D eigenvalue weighted by Gasteiger charge is -2.10. The van der Waals surface area contributed by atoms with Crippen molar-refractivity contribution in [3.63, 3.8) is 0 Å². The maximum absolute atomic E-state index is 12.4. The molecule has 0 aromatic heterocycles. The number of Topliss-reactive ketones (excluding diaryl/α,β-unsaturated/α-hetero) is 1. The number of benzene rings is 1. The van der Waals surface area contributed by atoms with Crippen LogP contribution in [0.25, 0.3) is 0 Å². The summed E-state index contributed by atoms with van der Waals surface area (Å²) in [6.07, 6.45) is 1.96. The molecule has 1 aliphatic carbocycles. The first-order chi connectivity index (χ1) is 12.9. The van der Waals surface area contributed by atoms with E-state index in [1.807, 2.05) is 0 Å². The number of amides is 3. The maximum atomic E-state index is 12.4. The highest BCUT2D eigenvalue weighted by Gasteiger charge is 2.29. The highest BCUT2D eigenvalue weighted by Crippen LogP contribution is 2.25. The third kappa shape index (κ3) is 6.15. The molecule has 1 aromatic carbocycles. The molecule has 1 saturated carbocycles. The van der Waals surface area contributed by atoms with Crippen molar-refractivity contribution in [2.45, 2.75) is 32.1 Å². The van der Waals surface area contributed by atoms with Crippen LogP contribution in [0.3, 0.4) is 0 Å². The monoisotopic (exact) mass is 393 g/mol. The third-order valence-electron chi connectivity index (χ3n) is 4.08. The zero-order valence-electron chi connectivity index (χ0n) is 14.5. The number of nitrogens with zero attached hydrogens (tertiary/aromatic N) is 1. The number of nitrogens with two attached hydrogens (primary N) is 1. The normalized spacial score (nSPS) is 17.4. The van der Waals surface area contributed by atoms with Gasteiger partial charge in [0, 0.05) is 29.3 Å². The van der Waals surface area contributed by atoms with Gasteiger partial charge in [0.2, 0.25) is 5.91 Å². The molecule has 10 heteroatoms. The molecule has 0 heterocycles. The van der Waals surface area contributed by atoms with Gasteiger partial charge in [0.15, 0.2) is 0 Å². The Morgan fingerprint density at radius 1 is 1.11 bits per heavy atom. The second-order valence-corrected chi connectivity index (χ2v) is 6.42. The maximum Gasteiger partial charge on any atom is 0.330 e. The number of hydrogen-bond donors (Lipinski definition) is 4. The third-order valence-corrected chi connectivity index (χ3v) is 4.33. The molecular weight excluding hydrogens is 374 g/mol. The predicted molar refractivity (Wildman–Crippen MR) is 99.6 cm³/mol. The predicted octanol–water partition coefficient (Wildman–Crippen LogP) is 0.890. The van der Waals surface area contributed by atoms with Crippen LogP contribution in [0.4, 0.5) is 5.69 Å². The van der Waals surface area contributed by atoms with Crippen LogP contribution in [0.5, 0.6) is 0 Å². The van der Waals surface area contributed by atoms with E-state index in [-0.39, 0.29) is 24.5 Å². The van der Waals surface area contributed by atoms with E-state index in [0.29, 0.717) is 29.3 Å². The van der Waals surface area contributed by atoms with Gasteiger partial charge < -0.3 is 5.32 Å². The molecule has 3 amide bonds. The Hall–Kier alpha value is -2.78. The first-order valence-corrected chi connectivity index (χ1v) is 8.74. The van der Waals surface area contributed by atoms with Crippen molar-refractivity contribution in [1.29, 1.82) is 0 Å². The average Bonchev–Trinajstić information content (AvgIpc) is 3.14. The van der Waals surface area contributed by atoms with E-state index in [1.165, 1.54) is 0 Å². The number of hydrogen-bond acceptors (Lipinski definition) is 6. The Bertz CT molecular complexity index is 763. The molecule has 0 radical (unpaired) electrons. The molecule has 5 N–H and O–H groups in total. The highest BCUT2D eigenvalue weighted by molar-refractivity contribution is 6.35. The largest absolute Gasteiger partial charge is 0.330 e. The lowest BCUT2D eigenvalue weighted by atomic mass is 9.97. The van der Waals surface area contributed by atoms with Crippen LogP contribution in [-0.4, -0.2) is 29.2 Å². The van der Waals surface area contributed by atoms with Gasteiger partial charge in [0.25, 0.3) is 0 Å². The summed E-state index contributed by atoms with van der Waals surface area (Å²) >= 11 is 5.78. The molecule has 0 saturated heterocycles. The van der Waals surface area contributed by atoms with Crippen LogP contribution in [0.15, 0.2) is 29.4 Å². The standard InChI is InChI=1S/C17H20ClN5O4/c18-10-4-6-11(7-5-10)20-15(25)9-8-14(24)12-2-1-3-13(12)22-23-17(27)16(26)21-19/h4-7,12H,1-3,8-9,19H2,(H,20,25)(H,21,26)(H,23,27)/b22-13+/t12-/m1/s1. The lowest BCUT2D eigenvalue weighted by molar-refractivity contribution is -0.139. The second-order valence-electron chi connectivity index (χ2n) is 5.98. The minimum Gasteiger partial charge on any atom is -0.326 e. The van der Waals surface area contributed by atoms with Gasteiger partial charge in [-0.05, 0) is 43.5 Å². The zero-order chi connectivity index (χ0) is 19.8. The van der Waals surface area contributed by atoms with Crippen molar-refractivity contribution in [2.75, 3.05) is 5.32 Å².